The van der Waals surface area contributed by atoms with Gasteiger partial charge in [0, 0.05) is 24.4 Å². The molecule has 1 aromatic heterocycles. The van der Waals surface area contributed by atoms with Gasteiger partial charge in [0.15, 0.2) is 11.4 Å². The zero-order valence-electron chi connectivity index (χ0n) is 20.7. The molecule has 0 bridgehead atoms. The van der Waals surface area contributed by atoms with Crippen LogP contribution >= 0.6 is 0 Å². The Morgan fingerprint density at radius 2 is 1.44 bits per heavy atom. The molecule has 0 aliphatic rings. The number of halogens is 2. The van der Waals surface area contributed by atoms with Gasteiger partial charge >= 0.3 is 0 Å². The summed E-state index contributed by atoms with van der Waals surface area (Å²) in [4.78, 5) is 35.4. The van der Waals surface area contributed by atoms with E-state index in [1.54, 1.807) is 0 Å². The zero-order chi connectivity index (χ0) is 27.6. The highest BCUT2D eigenvalue weighted by atomic mass is 19.1. The lowest BCUT2D eigenvalue weighted by Crippen LogP contribution is -2.28. The second kappa shape index (κ2) is 13.2. The van der Waals surface area contributed by atoms with Gasteiger partial charge in [-0.2, -0.15) is 0 Å². The van der Waals surface area contributed by atoms with Crippen LogP contribution in [0.15, 0.2) is 85.1 Å². The summed E-state index contributed by atoms with van der Waals surface area (Å²) in [6.45, 7) is -0.724. The van der Waals surface area contributed by atoms with Gasteiger partial charge in [0.2, 0.25) is 0 Å². The Balaban J connectivity index is 1.56. The van der Waals surface area contributed by atoms with Crippen molar-refractivity contribution < 1.29 is 33.1 Å². The number of rotatable bonds is 11. The van der Waals surface area contributed by atoms with Crippen LogP contribution in [0.5, 0.6) is 5.75 Å². The number of carbonyl (C=O) groups is 2. The third kappa shape index (κ3) is 7.44. The van der Waals surface area contributed by atoms with E-state index in [0.717, 1.165) is 35.5 Å². The fourth-order valence-corrected chi connectivity index (χ4v) is 3.73. The molecule has 2 amide bonds. The van der Waals surface area contributed by atoms with Gasteiger partial charge in [0.05, 0.1) is 18.8 Å². The number of hydrogen-bond acceptors (Lipinski definition) is 6. The number of aliphatic hydroxyl groups is 1. The summed E-state index contributed by atoms with van der Waals surface area (Å²) in [5.74, 6) is -3.10. The van der Waals surface area contributed by atoms with Crippen molar-refractivity contribution in [2.24, 2.45) is 0 Å². The maximum absolute atomic E-state index is 13.5. The molecule has 1 heterocycles. The minimum Gasteiger partial charge on any atom is -0.486 e. The number of carbonyl (C=O) groups excluding carboxylic acids is 2. The number of nitrogens with one attached hydrogen (secondary N) is 2. The van der Waals surface area contributed by atoms with Crippen LogP contribution < -0.4 is 15.5 Å². The molecule has 4 aromatic rings. The number of aromatic nitrogens is 1. The van der Waals surface area contributed by atoms with Crippen molar-refractivity contribution in [3.63, 3.8) is 0 Å². The van der Waals surface area contributed by atoms with Crippen LogP contribution in [0.2, 0.25) is 0 Å². The molecule has 10 heteroatoms. The van der Waals surface area contributed by atoms with Gasteiger partial charge < -0.3 is 15.2 Å². The Bertz CT molecular complexity index is 1420. The summed E-state index contributed by atoms with van der Waals surface area (Å²) in [5.41, 5.74) is 3.85. The monoisotopic (exact) mass is 533 g/mol. The lowest BCUT2D eigenvalue weighted by Gasteiger charge is -2.17. The number of hydroxylamine groups is 1. The molecule has 8 nitrogen and oxygen atoms in total. The van der Waals surface area contributed by atoms with E-state index in [9.17, 15) is 23.5 Å². The summed E-state index contributed by atoms with van der Waals surface area (Å²) in [6, 6.07) is 21.2. The van der Waals surface area contributed by atoms with E-state index >= 15 is 0 Å². The van der Waals surface area contributed by atoms with Crippen LogP contribution in [0, 0.1) is 11.6 Å². The Hall–Kier alpha value is -4.67. The fourth-order valence-electron chi connectivity index (χ4n) is 3.73. The number of aliphatic hydroxyl groups excluding tert-OH is 1. The van der Waals surface area contributed by atoms with Gasteiger partial charge in [-0.1, -0.05) is 60.7 Å². The number of benzene rings is 3. The van der Waals surface area contributed by atoms with E-state index in [1.807, 2.05) is 60.7 Å². The third-order valence-corrected chi connectivity index (χ3v) is 5.60. The molecule has 0 spiro atoms. The zero-order valence-corrected chi connectivity index (χ0v) is 20.7. The Morgan fingerprint density at radius 1 is 0.821 bits per heavy atom. The molecule has 3 aromatic carbocycles. The average Bonchev–Trinajstić information content (AvgIpc) is 2.94. The standard InChI is InChI=1S/C29H25F2N3O5/c30-22-11-21(12-23(31)13-22)14-33-28(36)24-15-32-26(29(37)34-39-18-20-9-5-2-6-10-20)27(25(24)16-35)38-17-19-7-3-1-4-8-19/h1-13,15,35H,14,16-18H2,(H,33,36)(H,34,37). The van der Waals surface area contributed by atoms with Crippen molar-refractivity contribution in [3.8, 4) is 5.75 Å². The first kappa shape index (κ1) is 27.4. The SMILES string of the molecule is O=C(NCc1cc(F)cc(F)c1)c1cnc(C(=O)NOCc2ccccc2)c(OCc2ccccc2)c1CO. The predicted molar refractivity (Wildman–Crippen MR) is 137 cm³/mol. The largest absolute Gasteiger partial charge is 0.486 e. The Morgan fingerprint density at radius 3 is 2.05 bits per heavy atom. The van der Waals surface area contributed by atoms with Gasteiger partial charge in [0.1, 0.15) is 18.2 Å². The number of hydrogen-bond donors (Lipinski definition) is 3. The lowest BCUT2D eigenvalue weighted by atomic mass is 10.1. The molecule has 0 fully saturated rings. The summed E-state index contributed by atoms with van der Waals surface area (Å²) in [6.07, 6.45) is 1.12. The average molecular weight is 534 g/mol. The van der Waals surface area contributed by atoms with Gasteiger partial charge in [0.25, 0.3) is 11.8 Å². The molecule has 0 atom stereocenters. The number of nitrogens with zero attached hydrogens (tertiary/aromatic N) is 1. The smallest absolute Gasteiger partial charge is 0.297 e. The summed E-state index contributed by atoms with van der Waals surface area (Å²) >= 11 is 0. The number of amides is 2. The van der Waals surface area contributed by atoms with Crippen LogP contribution in [0.25, 0.3) is 0 Å². The molecular weight excluding hydrogens is 508 g/mol. The molecule has 0 radical (unpaired) electrons. The van der Waals surface area contributed by atoms with E-state index in [1.165, 1.54) is 0 Å². The third-order valence-electron chi connectivity index (χ3n) is 5.60. The molecule has 0 saturated heterocycles. The Labute approximate surface area is 223 Å². The van der Waals surface area contributed by atoms with Gasteiger partial charge in [-0.25, -0.2) is 19.2 Å². The normalized spacial score (nSPS) is 10.6. The highest BCUT2D eigenvalue weighted by molar-refractivity contribution is 5.99. The van der Waals surface area contributed by atoms with Crippen LogP contribution in [0.4, 0.5) is 8.78 Å². The first-order valence-corrected chi connectivity index (χ1v) is 11.9. The van der Waals surface area contributed by atoms with Gasteiger partial charge in [-0.05, 0) is 28.8 Å². The van der Waals surface area contributed by atoms with Crippen LogP contribution in [-0.4, -0.2) is 21.9 Å². The topological polar surface area (TPSA) is 110 Å². The van der Waals surface area contributed by atoms with E-state index in [-0.39, 0.29) is 47.9 Å². The fraction of sp³-hybridized carbons (Fsp3) is 0.138. The van der Waals surface area contributed by atoms with E-state index in [4.69, 9.17) is 9.57 Å². The Kier molecular flexibility index (Phi) is 9.28. The quantitative estimate of drug-likeness (QED) is 0.249. The molecule has 0 aliphatic heterocycles. The maximum Gasteiger partial charge on any atom is 0.297 e. The molecule has 0 saturated carbocycles. The highest BCUT2D eigenvalue weighted by Gasteiger charge is 2.24. The molecule has 39 heavy (non-hydrogen) atoms. The first-order valence-electron chi connectivity index (χ1n) is 11.9. The molecule has 200 valence electrons. The minimum atomic E-state index is -0.779. The van der Waals surface area contributed by atoms with Crippen molar-refractivity contribution in [1.82, 2.24) is 15.8 Å². The van der Waals surface area contributed by atoms with Gasteiger partial charge in [-0.3, -0.25) is 14.4 Å². The highest BCUT2D eigenvalue weighted by Crippen LogP contribution is 2.27. The lowest BCUT2D eigenvalue weighted by molar-refractivity contribution is 0.0226. The van der Waals surface area contributed by atoms with Crippen molar-refractivity contribution in [1.29, 1.82) is 0 Å². The van der Waals surface area contributed by atoms with Crippen molar-refractivity contribution >= 4 is 11.8 Å². The molecule has 3 N–H and O–H groups in total. The number of pyridine rings is 1. The van der Waals surface area contributed by atoms with E-state index < -0.39 is 30.1 Å². The maximum atomic E-state index is 13.5. The molecule has 0 unspecified atom stereocenters. The van der Waals surface area contributed by atoms with Crippen molar-refractivity contribution in [2.75, 3.05) is 0 Å². The summed E-state index contributed by atoms with van der Waals surface area (Å²) in [7, 11) is 0. The van der Waals surface area contributed by atoms with E-state index in [2.05, 4.69) is 15.8 Å². The van der Waals surface area contributed by atoms with Gasteiger partial charge in [-0.15, -0.1) is 0 Å². The predicted octanol–water partition coefficient (Wildman–Crippen LogP) is 4.22. The minimum absolute atomic E-state index is 0.0112. The summed E-state index contributed by atoms with van der Waals surface area (Å²) in [5, 5.41) is 12.7. The molecule has 4 rings (SSSR count). The van der Waals surface area contributed by atoms with Crippen LogP contribution in [-0.2, 0) is 31.2 Å². The second-order valence-electron chi connectivity index (χ2n) is 8.43. The number of ether oxygens (including phenoxy) is 1. The van der Waals surface area contributed by atoms with E-state index in [0.29, 0.717) is 0 Å². The molecular formula is C29H25F2N3O5. The summed E-state index contributed by atoms with van der Waals surface area (Å²) < 4.78 is 32.9. The van der Waals surface area contributed by atoms with Crippen molar-refractivity contribution in [3.05, 3.63) is 130 Å². The first-order chi connectivity index (χ1) is 18.9. The van der Waals surface area contributed by atoms with Crippen LogP contribution in [0.1, 0.15) is 43.1 Å². The van der Waals surface area contributed by atoms with Crippen LogP contribution in [0.3, 0.4) is 0 Å². The van der Waals surface area contributed by atoms with Crippen molar-refractivity contribution in [2.45, 2.75) is 26.4 Å². The molecule has 0 aliphatic carbocycles. The second-order valence-corrected chi connectivity index (χ2v) is 8.43.